The Labute approximate surface area is 93.3 Å². The zero-order valence-corrected chi connectivity index (χ0v) is 9.09. The van der Waals surface area contributed by atoms with Gasteiger partial charge in [-0.15, -0.1) is 0 Å². The van der Waals surface area contributed by atoms with E-state index in [4.69, 9.17) is 0 Å². The fourth-order valence-corrected chi connectivity index (χ4v) is 2.58. The number of benzene rings is 1. The highest BCUT2D eigenvalue weighted by Gasteiger charge is 2.17. The van der Waals surface area contributed by atoms with E-state index in [0.29, 0.717) is 4.73 Å². The molecule has 1 aromatic carbocycles. The smallest absolute Gasteiger partial charge is 0.207 e. The Hall–Kier alpha value is -1.88. The third-order valence-electron chi connectivity index (χ3n) is 2.14. The van der Waals surface area contributed by atoms with Crippen LogP contribution in [0.25, 0.3) is 0 Å². The summed E-state index contributed by atoms with van der Waals surface area (Å²) >= 11 is 0. The van der Waals surface area contributed by atoms with Gasteiger partial charge in [0.25, 0.3) is 0 Å². The van der Waals surface area contributed by atoms with Crippen LogP contribution in [0.3, 0.4) is 0 Å². The third-order valence-corrected chi connectivity index (χ3v) is 3.92. The van der Waals surface area contributed by atoms with Gasteiger partial charge < -0.3 is 5.21 Å². The first kappa shape index (κ1) is 10.6. The molecular weight excluding hydrogens is 226 g/mol. The minimum atomic E-state index is -3.51. The predicted molar refractivity (Wildman–Crippen MR) is 57.3 cm³/mol. The van der Waals surface area contributed by atoms with E-state index in [-0.39, 0.29) is 9.79 Å². The maximum Gasteiger partial charge on any atom is 0.207 e. The number of aromatic nitrogens is 1. The van der Waals surface area contributed by atoms with Gasteiger partial charge in [-0.1, -0.05) is 18.2 Å². The van der Waals surface area contributed by atoms with Gasteiger partial charge >= 0.3 is 0 Å². The lowest BCUT2D eigenvalue weighted by Gasteiger charge is -2.03. The van der Waals surface area contributed by atoms with Crippen LogP contribution in [-0.4, -0.2) is 8.42 Å². The summed E-state index contributed by atoms with van der Waals surface area (Å²) in [5.74, 6) is 0. The molecule has 0 aliphatic heterocycles. The lowest BCUT2D eigenvalue weighted by atomic mass is 10.4. The van der Waals surface area contributed by atoms with Gasteiger partial charge in [-0.2, -0.15) is 4.73 Å². The molecule has 2 aromatic rings. The number of nitrogens with zero attached hydrogens (tertiary/aromatic N) is 1. The lowest BCUT2D eigenvalue weighted by Crippen LogP contribution is -2.24. The van der Waals surface area contributed by atoms with Crippen molar-refractivity contribution in [2.45, 2.75) is 9.79 Å². The molecule has 0 N–H and O–H groups in total. The highest BCUT2D eigenvalue weighted by Crippen LogP contribution is 2.18. The zero-order valence-electron chi connectivity index (χ0n) is 8.28. The van der Waals surface area contributed by atoms with Crippen LogP contribution in [0.2, 0.25) is 0 Å². The monoisotopic (exact) mass is 235 g/mol. The summed E-state index contributed by atoms with van der Waals surface area (Å²) in [6.07, 6.45) is 2.33. The fraction of sp³-hybridized carbons (Fsp3) is 0. The van der Waals surface area contributed by atoms with Crippen molar-refractivity contribution in [1.29, 1.82) is 0 Å². The molecule has 0 unspecified atom stereocenters. The normalized spacial score (nSPS) is 11.2. The molecule has 0 saturated heterocycles. The topological polar surface area (TPSA) is 61.1 Å². The molecule has 2 rings (SSSR count). The van der Waals surface area contributed by atoms with Gasteiger partial charge in [0.1, 0.15) is 0 Å². The molecule has 0 radical (unpaired) electrons. The molecule has 0 bridgehead atoms. The average molecular weight is 235 g/mol. The van der Waals surface area contributed by atoms with Crippen LogP contribution in [0.1, 0.15) is 0 Å². The number of hydrogen-bond donors (Lipinski definition) is 0. The van der Waals surface area contributed by atoms with Crippen LogP contribution in [0.5, 0.6) is 0 Å². The summed E-state index contributed by atoms with van der Waals surface area (Å²) in [5.41, 5.74) is 0. The minimum Gasteiger partial charge on any atom is -0.619 e. The van der Waals surface area contributed by atoms with Gasteiger partial charge in [0, 0.05) is 12.1 Å². The van der Waals surface area contributed by atoms with Crippen LogP contribution >= 0.6 is 0 Å². The van der Waals surface area contributed by atoms with Crippen LogP contribution < -0.4 is 4.73 Å². The van der Waals surface area contributed by atoms with Crippen LogP contribution in [-0.2, 0) is 9.84 Å². The van der Waals surface area contributed by atoms with E-state index in [0.717, 1.165) is 12.4 Å². The maximum absolute atomic E-state index is 12.0. The summed E-state index contributed by atoms with van der Waals surface area (Å²) < 4.78 is 24.6. The molecule has 0 saturated carbocycles. The van der Waals surface area contributed by atoms with Crippen molar-refractivity contribution in [3.8, 4) is 0 Å². The molecular formula is C11H9NO3S. The van der Waals surface area contributed by atoms with Crippen molar-refractivity contribution in [3.05, 3.63) is 60.1 Å². The highest BCUT2D eigenvalue weighted by atomic mass is 32.2. The molecule has 0 spiro atoms. The highest BCUT2D eigenvalue weighted by molar-refractivity contribution is 7.91. The molecule has 4 nitrogen and oxygen atoms in total. The molecule has 0 atom stereocenters. The van der Waals surface area contributed by atoms with Gasteiger partial charge in [0.15, 0.2) is 12.4 Å². The first-order chi connectivity index (χ1) is 7.60. The molecule has 0 amide bonds. The van der Waals surface area contributed by atoms with Crippen molar-refractivity contribution >= 4 is 9.84 Å². The Morgan fingerprint density at radius 2 is 1.38 bits per heavy atom. The molecule has 0 fully saturated rings. The molecule has 16 heavy (non-hydrogen) atoms. The third kappa shape index (κ3) is 1.90. The number of pyridine rings is 1. The molecule has 82 valence electrons. The summed E-state index contributed by atoms with van der Waals surface area (Å²) in [5, 5.41) is 10.8. The Morgan fingerprint density at radius 3 is 1.94 bits per heavy atom. The van der Waals surface area contributed by atoms with Gasteiger partial charge in [-0.05, 0) is 12.1 Å². The second kappa shape index (κ2) is 3.94. The number of rotatable bonds is 2. The van der Waals surface area contributed by atoms with Crippen molar-refractivity contribution < 1.29 is 13.1 Å². The summed E-state index contributed by atoms with van der Waals surface area (Å²) in [4.78, 5) is 0.337. The summed E-state index contributed by atoms with van der Waals surface area (Å²) in [7, 11) is -3.51. The van der Waals surface area contributed by atoms with Crippen LogP contribution in [0, 0.1) is 5.21 Å². The Bertz CT molecular complexity index is 576. The summed E-state index contributed by atoms with van der Waals surface area (Å²) in [6.45, 7) is 0. The summed E-state index contributed by atoms with van der Waals surface area (Å²) in [6, 6.07) is 10.7. The second-order valence-electron chi connectivity index (χ2n) is 3.21. The largest absolute Gasteiger partial charge is 0.619 e. The lowest BCUT2D eigenvalue weighted by molar-refractivity contribution is -0.605. The van der Waals surface area contributed by atoms with Crippen molar-refractivity contribution in [3.63, 3.8) is 0 Å². The van der Waals surface area contributed by atoms with Crippen molar-refractivity contribution in [2.75, 3.05) is 0 Å². The fourth-order valence-electron chi connectivity index (χ4n) is 1.31. The second-order valence-corrected chi connectivity index (χ2v) is 5.16. The zero-order chi connectivity index (χ0) is 11.6. The molecule has 0 aliphatic carbocycles. The van der Waals surface area contributed by atoms with E-state index >= 15 is 0 Å². The molecule has 1 aromatic heterocycles. The Kier molecular flexibility index (Phi) is 2.62. The number of hydrogen-bond acceptors (Lipinski definition) is 3. The van der Waals surface area contributed by atoms with E-state index < -0.39 is 9.84 Å². The van der Waals surface area contributed by atoms with E-state index in [1.807, 2.05) is 0 Å². The molecule has 1 heterocycles. The first-order valence-electron chi connectivity index (χ1n) is 4.60. The van der Waals surface area contributed by atoms with Crippen LogP contribution in [0.4, 0.5) is 0 Å². The quantitative estimate of drug-likeness (QED) is 0.579. The standard InChI is InChI=1S/C11H9NO3S/c13-12-8-6-11(7-9-12)16(14,15)10-4-2-1-3-5-10/h1-9H. The van der Waals surface area contributed by atoms with Gasteiger partial charge in [0.2, 0.25) is 9.84 Å². The Morgan fingerprint density at radius 1 is 0.875 bits per heavy atom. The minimum absolute atomic E-state index is 0.116. The van der Waals surface area contributed by atoms with Crippen molar-refractivity contribution in [2.24, 2.45) is 0 Å². The first-order valence-corrected chi connectivity index (χ1v) is 6.08. The average Bonchev–Trinajstić information content (AvgIpc) is 2.31. The van der Waals surface area contributed by atoms with E-state index in [9.17, 15) is 13.6 Å². The maximum atomic E-state index is 12.0. The molecule has 0 aliphatic rings. The van der Waals surface area contributed by atoms with E-state index in [1.165, 1.54) is 24.3 Å². The van der Waals surface area contributed by atoms with Crippen molar-refractivity contribution in [1.82, 2.24) is 0 Å². The van der Waals surface area contributed by atoms with Crippen LogP contribution in [0.15, 0.2) is 64.6 Å². The SMILES string of the molecule is O=S(=O)(c1ccccc1)c1cc[n+]([O-])cc1. The van der Waals surface area contributed by atoms with E-state index in [1.54, 1.807) is 18.2 Å². The van der Waals surface area contributed by atoms with E-state index in [2.05, 4.69) is 0 Å². The predicted octanol–water partition coefficient (Wildman–Crippen LogP) is 1.15. The van der Waals surface area contributed by atoms with Gasteiger partial charge in [-0.25, -0.2) is 8.42 Å². The number of sulfone groups is 1. The van der Waals surface area contributed by atoms with Gasteiger partial charge in [-0.3, -0.25) is 0 Å². The van der Waals surface area contributed by atoms with Gasteiger partial charge in [0.05, 0.1) is 9.79 Å². The Balaban J connectivity index is 2.52. The molecule has 5 heteroatoms.